The Kier molecular flexibility index (Phi) is 3.43. The van der Waals surface area contributed by atoms with Crippen molar-refractivity contribution in [2.45, 2.75) is 6.92 Å². The van der Waals surface area contributed by atoms with Crippen LogP contribution in [0, 0.1) is 6.92 Å². The molecule has 94 valence electrons. The largest absolute Gasteiger partial charge is 0.478 e. The number of rotatable bonds is 4. The molecule has 0 aliphatic heterocycles. The maximum atomic E-state index is 10.8. The van der Waals surface area contributed by atoms with E-state index in [9.17, 15) is 4.79 Å². The summed E-state index contributed by atoms with van der Waals surface area (Å²) in [5.74, 6) is -0.423. The molecule has 0 fully saturated rings. The number of hydrogen-bond donors (Lipinski definition) is 1. The van der Waals surface area contributed by atoms with Crippen LogP contribution in [-0.2, 0) is 9.53 Å². The second-order valence-electron chi connectivity index (χ2n) is 3.86. The van der Waals surface area contributed by atoms with Gasteiger partial charge in [0.15, 0.2) is 11.5 Å². The lowest BCUT2D eigenvalue weighted by atomic mass is 10.1. The SMILES string of the molecule is COC/C(=C\C(=O)O)c1ccc2nc(C)oc2c1. The van der Waals surface area contributed by atoms with Gasteiger partial charge in [0.2, 0.25) is 0 Å². The lowest BCUT2D eigenvalue weighted by Gasteiger charge is -2.05. The summed E-state index contributed by atoms with van der Waals surface area (Å²) in [6.07, 6.45) is 1.13. The van der Waals surface area contributed by atoms with Crippen molar-refractivity contribution in [2.24, 2.45) is 0 Å². The van der Waals surface area contributed by atoms with Crippen LogP contribution in [0.1, 0.15) is 11.5 Å². The Morgan fingerprint density at radius 2 is 2.33 bits per heavy atom. The molecule has 0 amide bonds. The maximum Gasteiger partial charge on any atom is 0.328 e. The Labute approximate surface area is 104 Å². The zero-order valence-corrected chi connectivity index (χ0v) is 10.1. The first-order valence-electron chi connectivity index (χ1n) is 5.40. The van der Waals surface area contributed by atoms with Crippen molar-refractivity contribution >= 4 is 22.6 Å². The van der Waals surface area contributed by atoms with Gasteiger partial charge in [-0.25, -0.2) is 9.78 Å². The molecule has 0 atom stereocenters. The highest BCUT2D eigenvalue weighted by Gasteiger charge is 2.08. The van der Waals surface area contributed by atoms with Crippen molar-refractivity contribution in [2.75, 3.05) is 13.7 Å². The number of nitrogens with zero attached hydrogens (tertiary/aromatic N) is 1. The van der Waals surface area contributed by atoms with Crippen LogP contribution < -0.4 is 0 Å². The first-order valence-corrected chi connectivity index (χ1v) is 5.40. The number of carboxylic acids is 1. The lowest BCUT2D eigenvalue weighted by molar-refractivity contribution is -0.131. The normalized spacial score (nSPS) is 12.0. The van der Waals surface area contributed by atoms with Crippen LogP contribution in [0.25, 0.3) is 16.7 Å². The van der Waals surface area contributed by atoms with Crippen LogP contribution in [0.15, 0.2) is 28.7 Å². The molecule has 5 nitrogen and oxygen atoms in total. The number of aromatic nitrogens is 1. The average molecular weight is 247 g/mol. The number of aryl methyl sites for hydroxylation is 1. The van der Waals surface area contributed by atoms with E-state index in [4.69, 9.17) is 14.3 Å². The molecular formula is C13H13NO4. The van der Waals surface area contributed by atoms with Crippen LogP contribution in [0.2, 0.25) is 0 Å². The zero-order chi connectivity index (χ0) is 13.1. The Hall–Kier alpha value is -2.14. The van der Waals surface area contributed by atoms with Gasteiger partial charge in [-0.2, -0.15) is 0 Å². The van der Waals surface area contributed by atoms with Gasteiger partial charge < -0.3 is 14.3 Å². The first kappa shape index (κ1) is 12.3. The summed E-state index contributed by atoms with van der Waals surface area (Å²) in [4.78, 5) is 14.9. The number of oxazole rings is 1. The number of benzene rings is 1. The van der Waals surface area contributed by atoms with Crippen molar-refractivity contribution in [3.05, 3.63) is 35.7 Å². The molecule has 1 aromatic carbocycles. The van der Waals surface area contributed by atoms with E-state index in [0.29, 0.717) is 17.0 Å². The number of hydrogen-bond acceptors (Lipinski definition) is 4. The van der Waals surface area contributed by atoms with Crippen LogP contribution in [0.5, 0.6) is 0 Å². The summed E-state index contributed by atoms with van der Waals surface area (Å²) in [6.45, 7) is 1.99. The topological polar surface area (TPSA) is 72.6 Å². The summed E-state index contributed by atoms with van der Waals surface area (Å²) < 4.78 is 10.4. The van der Waals surface area contributed by atoms with Gasteiger partial charge in [-0.05, 0) is 23.3 Å². The van der Waals surface area contributed by atoms with Gasteiger partial charge in [-0.1, -0.05) is 6.07 Å². The fraction of sp³-hybridized carbons (Fsp3) is 0.231. The molecule has 18 heavy (non-hydrogen) atoms. The highest BCUT2D eigenvalue weighted by molar-refractivity contribution is 5.91. The minimum Gasteiger partial charge on any atom is -0.478 e. The predicted octanol–water partition coefficient (Wildman–Crippen LogP) is 2.25. The van der Waals surface area contributed by atoms with Gasteiger partial charge in [-0.3, -0.25) is 0 Å². The minimum atomic E-state index is -1.00. The highest BCUT2D eigenvalue weighted by atomic mass is 16.5. The van der Waals surface area contributed by atoms with E-state index in [2.05, 4.69) is 4.98 Å². The summed E-state index contributed by atoms with van der Waals surface area (Å²) in [5, 5.41) is 8.82. The Morgan fingerprint density at radius 1 is 1.56 bits per heavy atom. The molecule has 5 heteroatoms. The summed E-state index contributed by atoms with van der Waals surface area (Å²) in [7, 11) is 1.52. The number of carbonyl (C=O) groups is 1. The maximum absolute atomic E-state index is 10.8. The van der Waals surface area contributed by atoms with Crippen molar-refractivity contribution in [1.82, 2.24) is 4.98 Å². The second-order valence-corrected chi connectivity index (χ2v) is 3.86. The molecule has 0 radical (unpaired) electrons. The molecule has 2 aromatic rings. The fourth-order valence-electron chi connectivity index (χ4n) is 1.75. The quantitative estimate of drug-likeness (QED) is 0.839. The molecule has 1 N–H and O–H groups in total. The molecule has 0 saturated carbocycles. The minimum absolute atomic E-state index is 0.227. The smallest absolute Gasteiger partial charge is 0.328 e. The van der Waals surface area contributed by atoms with E-state index < -0.39 is 5.97 Å². The van der Waals surface area contributed by atoms with E-state index in [0.717, 1.165) is 17.2 Å². The van der Waals surface area contributed by atoms with E-state index in [1.165, 1.54) is 7.11 Å². The van der Waals surface area contributed by atoms with Gasteiger partial charge >= 0.3 is 5.97 Å². The van der Waals surface area contributed by atoms with Crippen molar-refractivity contribution in [3.8, 4) is 0 Å². The van der Waals surface area contributed by atoms with E-state index in [1.54, 1.807) is 25.1 Å². The third-order valence-corrected chi connectivity index (χ3v) is 2.46. The Bertz CT molecular complexity index is 612. The van der Waals surface area contributed by atoms with Crippen molar-refractivity contribution in [1.29, 1.82) is 0 Å². The van der Waals surface area contributed by atoms with Gasteiger partial charge in [-0.15, -0.1) is 0 Å². The first-order chi connectivity index (χ1) is 8.60. The van der Waals surface area contributed by atoms with Crippen molar-refractivity contribution < 1.29 is 19.1 Å². The number of methoxy groups -OCH3 is 1. The van der Waals surface area contributed by atoms with Crippen molar-refractivity contribution in [3.63, 3.8) is 0 Å². The molecule has 1 heterocycles. The van der Waals surface area contributed by atoms with E-state index in [-0.39, 0.29) is 6.61 Å². The van der Waals surface area contributed by atoms with Gasteiger partial charge in [0.25, 0.3) is 0 Å². The average Bonchev–Trinajstić information content (AvgIpc) is 2.66. The van der Waals surface area contributed by atoms with E-state index in [1.807, 2.05) is 0 Å². The van der Waals surface area contributed by atoms with Crippen LogP contribution in [0.3, 0.4) is 0 Å². The summed E-state index contributed by atoms with van der Waals surface area (Å²) in [6, 6.07) is 5.37. The monoisotopic (exact) mass is 247 g/mol. The molecule has 0 saturated heterocycles. The third kappa shape index (κ3) is 2.57. The molecule has 0 bridgehead atoms. The highest BCUT2D eigenvalue weighted by Crippen LogP contribution is 2.22. The molecular weight excluding hydrogens is 234 g/mol. The molecule has 2 rings (SSSR count). The summed E-state index contributed by atoms with van der Waals surface area (Å²) in [5.41, 5.74) is 2.73. The standard InChI is InChI=1S/C13H13NO4/c1-8-14-11-4-3-9(5-12(11)18-8)10(7-17-2)6-13(15)16/h3-6H,7H2,1-2H3,(H,15,16)/b10-6+. The van der Waals surface area contributed by atoms with Gasteiger partial charge in [0.05, 0.1) is 6.61 Å². The zero-order valence-electron chi connectivity index (χ0n) is 10.1. The number of aliphatic carboxylic acids is 1. The number of ether oxygens (including phenoxy) is 1. The Balaban J connectivity index is 2.47. The molecule has 0 aliphatic carbocycles. The molecule has 1 aromatic heterocycles. The lowest BCUT2D eigenvalue weighted by Crippen LogP contribution is -1.98. The predicted molar refractivity (Wildman–Crippen MR) is 66.2 cm³/mol. The second kappa shape index (κ2) is 5.01. The number of carboxylic acid groups (broad SMARTS) is 1. The molecule has 0 spiro atoms. The van der Waals surface area contributed by atoms with Gasteiger partial charge in [0, 0.05) is 20.1 Å². The van der Waals surface area contributed by atoms with Gasteiger partial charge in [0.1, 0.15) is 5.52 Å². The molecule has 0 unspecified atom stereocenters. The Morgan fingerprint density at radius 3 is 3.00 bits per heavy atom. The molecule has 0 aliphatic rings. The fourth-order valence-corrected chi connectivity index (χ4v) is 1.75. The summed E-state index contributed by atoms with van der Waals surface area (Å²) >= 11 is 0. The third-order valence-electron chi connectivity index (χ3n) is 2.46. The van der Waals surface area contributed by atoms with Crippen LogP contribution in [0.4, 0.5) is 0 Å². The van der Waals surface area contributed by atoms with Crippen LogP contribution >= 0.6 is 0 Å². The number of fused-ring (bicyclic) bond motifs is 1. The van der Waals surface area contributed by atoms with Crippen LogP contribution in [-0.4, -0.2) is 29.8 Å². The van der Waals surface area contributed by atoms with E-state index >= 15 is 0 Å².